The fraction of sp³-hybridized carbons (Fsp3) is 0.533. The maximum Gasteiger partial charge on any atom is 0.141 e. The van der Waals surface area contributed by atoms with Gasteiger partial charge in [0.05, 0.1) is 5.56 Å². The molecule has 96 valence electrons. The predicted octanol–water partition coefficient (Wildman–Crippen LogP) is 4.08. The van der Waals surface area contributed by atoms with Gasteiger partial charge in [-0.15, -0.1) is 0 Å². The first kappa shape index (κ1) is 12.9. The summed E-state index contributed by atoms with van der Waals surface area (Å²) >= 11 is 0. The van der Waals surface area contributed by atoms with Crippen molar-refractivity contribution in [2.24, 2.45) is 5.41 Å². The SMILES string of the molecule is CC1(C)CCCCC1Nc1ccc(F)c(C#N)c1. The van der Waals surface area contributed by atoms with Crippen molar-refractivity contribution in [3.05, 3.63) is 29.6 Å². The van der Waals surface area contributed by atoms with Crippen molar-refractivity contribution in [1.29, 1.82) is 5.26 Å². The highest BCUT2D eigenvalue weighted by atomic mass is 19.1. The van der Waals surface area contributed by atoms with E-state index in [9.17, 15) is 4.39 Å². The van der Waals surface area contributed by atoms with Crippen LogP contribution in [0.25, 0.3) is 0 Å². The third-order valence-corrected chi connectivity index (χ3v) is 3.93. The molecule has 0 aromatic heterocycles. The maximum absolute atomic E-state index is 13.3. The van der Waals surface area contributed by atoms with Gasteiger partial charge in [0.25, 0.3) is 0 Å². The zero-order valence-electron chi connectivity index (χ0n) is 11.0. The number of nitrogens with one attached hydrogen (secondary N) is 1. The van der Waals surface area contributed by atoms with Gasteiger partial charge in [0, 0.05) is 11.7 Å². The molecule has 0 saturated heterocycles. The largest absolute Gasteiger partial charge is 0.382 e. The molecule has 0 spiro atoms. The molecule has 1 unspecified atom stereocenters. The number of hydrogen-bond donors (Lipinski definition) is 1. The van der Waals surface area contributed by atoms with Gasteiger partial charge in [0.1, 0.15) is 11.9 Å². The van der Waals surface area contributed by atoms with Crippen molar-refractivity contribution in [2.75, 3.05) is 5.32 Å². The summed E-state index contributed by atoms with van der Waals surface area (Å²) in [4.78, 5) is 0. The minimum Gasteiger partial charge on any atom is -0.382 e. The van der Waals surface area contributed by atoms with E-state index in [0.717, 1.165) is 12.1 Å². The number of hydrogen-bond acceptors (Lipinski definition) is 2. The van der Waals surface area contributed by atoms with Crippen LogP contribution in [0, 0.1) is 22.6 Å². The lowest BCUT2D eigenvalue weighted by molar-refractivity contribution is 0.217. The fourth-order valence-corrected chi connectivity index (χ4v) is 2.66. The standard InChI is InChI=1S/C15H19FN2/c1-15(2)8-4-3-5-14(15)18-12-6-7-13(16)11(9-12)10-17/h6-7,9,14,18H,3-5,8H2,1-2H3. The Bertz CT molecular complexity index is 474. The van der Waals surface area contributed by atoms with Crippen molar-refractivity contribution in [2.45, 2.75) is 45.6 Å². The maximum atomic E-state index is 13.3. The average Bonchev–Trinajstić information content (AvgIpc) is 2.34. The Hall–Kier alpha value is -1.56. The molecule has 0 bridgehead atoms. The Morgan fingerprint density at radius 1 is 1.39 bits per heavy atom. The number of nitriles is 1. The Morgan fingerprint density at radius 3 is 2.83 bits per heavy atom. The van der Waals surface area contributed by atoms with E-state index in [1.54, 1.807) is 12.1 Å². The molecule has 1 aromatic rings. The summed E-state index contributed by atoms with van der Waals surface area (Å²) in [5.74, 6) is -0.453. The van der Waals surface area contributed by atoms with Crippen molar-refractivity contribution < 1.29 is 4.39 Å². The van der Waals surface area contributed by atoms with Gasteiger partial charge in [-0.05, 0) is 36.5 Å². The van der Waals surface area contributed by atoms with Crippen LogP contribution in [0.5, 0.6) is 0 Å². The number of rotatable bonds is 2. The normalized spacial score (nSPS) is 22.2. The zero-order chi connectivity index (χ0) is 13.2. The summed E-state index contributed by atoms with van der Waals surface area (Å²) in [5, 5.41) is 12.3. The predicted molar refractivity (Wildman–Crippen MR) is 70.8 cm³/mol. The number of benzene rings is 1. The van der Waals surface area contributed by atoms with E-state index in [1.165, 1.54) is 25.3 Å². The van der Waals surface area contributed by atoms with Crippen LogP contribution in [0.4, 0.5) is 10.1 Å². The first-order valence-electron chi connectivity index (χ1n) is 6.49. The number of halogens is 1. The molecule has 1 aromatic carbocycles. The molecule has 18 heavy (non-hydrogen) atoms. The second kappa shape index (κ2) is 4.97. The molecule has 0 heterocycles. The molecule has 1 aliphatic carbocycles. The lowest BCUT2D eigenvalue weighted by atomic mass is 9.73. The molecule has 0 aliphatic heterocycles. The number of nitrogens with zero attached hydrogens (tertiary/aromatic N) is 1. The van der Waals surface area contributed by atoms with Crippen LogP contribution in [0.3, 0.4) is 0 Å². The minimum atomic E-state index is -0.453. The molecule has 1 saturated carbocycles. The van der Waals surface area contributed by atoms with Gasteiger partial charge in [-0.2, -0.15) is 5.26 Å². The molecule has 2 nitrogen and oxygen atoms in total. The topological polar surface area (TPSA) is 35.8 Å². The van der Waals surface area contributed by atoms with Gasteiger partial charge in [-0.1, -0.05) is 26.7 Å². The van der Waals surface area contributed by atoms with Gasteiger partial charge < -0.3 is 5.32 Å². The fourth-order valence-electron chi connectivity index (χ4n) is 2.66. The molecule has 1 atom stereocenters. The summed E-state index contributed by atoms with van der Waals surface area (Å²) < 4.78 is 13.3. The number of anilines is 1. The zero-order valence-corrected chi connectivity index (χ0v) is 11.0. The van der Waals surface area contributed by atoms with Gasteiger partial charge in [0.2, 0.25) is 0 Å². The third-order valence-electron chi connectivity index (χ3n) is 3.93. The summed E-state index contributed by atoms with van der Waals surface area (Å²) in [6.45, 7) is 4.52. The van der Waals surface area contributed by atoms with Crippen LogP contribution in [0.15, 0.2) is 18.2 Å². The molecule has 1 N–H and O–H groups in total. The smallest absolute Gasteiger partial charge is 0.141 e. The lowest BCUT2D eigenvalue weighted by Crippen LogP contribution is -2.38. The molecule has 1 fully saturated rings. The van der Waals surface area contributed by atoms with Crippen LogP contribution in [0.2, 0.25) is 0 Å². The highest BCUT2D eigenvalue weighted by Gasteiger charge is 2.31. The first-order valence-corrected chi connectivity index (χ1v) is 6.49. The van der Waals surface area contributed by atoms with Crippen molar-refractivity contribution in [3.63, 3.8) is 0 Å². The summed E-state index contributed by atoms with van der Waals surface area (Å²) in [5.41, 5.74) is 1.20. The molecule has 3 heteroatoms. The minimum absolute atomic E-state index is 0.105. The molecule has 0 radical (unpaired) electrons. The van der Waals surface area contributed by atoms with Crippen LogP contribution in [0.1, 0.15) is 45.1 Å². The Morgan fingerprint density at radius 2 is 2.17 bits per heavy atom. The van der Waals surface area contributed by atoms with E-state index in [4.69, 9.17) is 5.26 Å². The summed E-state index contributed by atoms with van der Waals surface area (Å²) in [6, 6.07) is 6.93. The highest BCUT2D eigenvalue weighted by molar-refractivity contribution is 5.50. The highest BCUT2D eigenvalue weighted by Crippen LogP contribution is 2.37. The summed E-state index contributed by atoms with van der Waals surface area (Å²) in [7, 11) is 0. The molecule has 1 aliphatic rings. The molecule has 0 amide bonds. The first-order chi connectivity index (χ1) is 8.53. The van der Waals surface area contributed by atoms with E-state index in [-0.39, 0.29) is 11.0 Å². The van der Waals surface area contributed by atoms with E-state index in [0.29, 0.717) is 6.04 Å². The van der Waals surface area contributed by atoms with E-state index in [2.05, 4.69) is 19.2 Å². The van der Waals surface area contributed by atoms with E-state index < -0.39 is 5.82 Å². The summed E-state index contributed by atoms with van der Waals surface area (Å²) in [6.07, 6.45) is 4.84. The van der Waals surface area contributed by atoms with E-state index >= 15 is 0 Å². The van der Waals surface area contributed by atoms with Crippen LogP contribution in [-0.4, -0.2) is 6.04 Å². The molecular weight excluding hydrogens is 227 g/mol. The van der Waals surface area contributed by atoms with Crippen molar-refractivity contribution in [1.82, 2.24) is 0 Å². The second-order valence-electron chi connectivity index (χ2n) is 5.74. The van der Waals surface area contributed by atoms with Crippen molar-refractivity contribution >= 4 is 5.69 Å². The monoisotopic (exact) mass is 246 g/mol. The van der Waals surface area contributed by atoms with Gasteiger partial charge >= 0.3 is 0 Å². The Kier molecular flexibility index (Phi) is 3.56. The Labute approximate surface area is 108 Å². The van der Waals surface area contributed by atoms with Crippen LogP contribution in [-0.2, 0) is 0 Å². The van der Waals surface area contributed by atoms with E-state index in [1.807, 2.05) is 6.07 Å². The quantitative estimate of drug-likeness (QED) is 0.853. The van der Waals surface area contributed by atoms with Crippen LogP contribution >= 0.6 is 0 Å². The average molecular weight is 246 g/mol. The van der Waals surface area contributed by atoms with Gasteiger partial charge in [0.15, 0.2) is 0 Å². The second-order valence-corrected chi connectivity index (χ2v) is 5.74. The van der Waals surface area contributed by atoms with Crippen LogP contribution < -0.4 is 5.32 Å². The Balaban J connectivity index is 2.16. The lowest BCUT2D eigenvalue weighted by Gasteiger charge is -2.39. The molecular formula is C15H19FN2. The molecule has 2 rings (SSSR count). The third kappa shape index (κ3) is 2.64. The van der Waals surface area contributed by atoms with Crippen molar-refractivity contribution in [3.8, 4) is 6.07 Å². The van der Waals surface area contributed by atoms with Gasteiger partial charge in [-0.3, -0.25) is 0 Å². The van der Waals surface area contributed by atoms with Gasteiger partial charge in [-0.25, -0.2) is 4.39 Å².